The van der Waals surface area contributed by atoms with Crippen LogP contribution in [0.2, 0.25) is 0 Å². The predicted molar refractivity (Wildman–Crippen MR) is 93.1 cm³/mol. The molecule has 0 radical (unpaired) electrons. The number of nitrogens with zero attached hydrogens (tertiary/aromatic N) is 2. The van der Waals surface area contributed by atoms with Crippen LogP contribution in [0.25, 0.3) is 0 Å². The largest absolute Gasteiger partial charge is 0.454 e. The molecule has 26 heavy (non-hydrogen) atoms. The van der Waals surface area contributed by atoms with Crippen LogP contribution in [0.4, 0.5) is 5.82 Å². The average Bonchev–Trinajstić information content (AvgIpc) is 3.31. The lowest BCUT2D eigenvalue weighted by molar-refractivity contribution is -0.117. The number of benzene rings is 1. The van der Waals surface area contributed by atoms with Crippen molar-refractivity contribution < 1.29 is 23.6 Å². The number of rotatable bonds is 8. The summed E-state index contributed by atoms with van der Waals surface area (Å²) in [5.74, 6) is 0.914. The maximum absolute atomic E-state index is 12.9. The third-order valence-electron chi connectivity index (χ3n) is 3.98. The van der Waals surface area contributed by atoms with E-state index in [0.717, 1.165) is 19.3 Å². The molecule has 0 saturated carbocycles. The molecule has 8 nitrogen and oxygen atoms in total. The summed E-state index contributed by atoms with van der Waals surface area (Å²) in [7, 11) is 0. The molecule has 2 amide bonds. The highest BCUT2D eigenvalue weighted by Crippen LogP contribution is 2.32. The number of fused-ring (bicyclic) bond motifs is 1. The Labute approximate surface area is 151 Å². The predicted octanol–water partition coefficient (Wildman–Crippen LogP) is 2.67. The summed E-state index contributed by atoms with van der Waals surface area (Å²) in [5.41, 5.74) is 0.458. The van der Waals surface area contributed by atoms with Crippen molar-refractivity contribution in [3.63, 3.8) is 0 Å². The quantitative estimate of drug-likeness (QED) is 0.728. The van der Waals surface area contributed by atoms with Crippen LogP contribution in [0.3, 0.4) is 0 Å². The van der Waals surface area contributed by atoms with Crippen LogP contribution in [0, 0.1) is 0 Å². The molecule has 1 aromatic heterocycles. The molecule has 138 valence electrons. The lowest BCUT2D eigenvalue weighted by atomic mass is 10.1. The monoisotopic (exact) mass is 359 g/mol. The van der Waals surface area contributed by atoms with Gasteiger partial charge in [0.1, 0.15) is 12.8 Å². The number of nitrogens with one attached hydrogen (secondary N) is 1. The van der Waals surface area contributed by atoms with Gasteiger partial charge in [-0.05, 0) is 24.6 Å². The molecule has 0 unspecified atom stereocenters. The van der Waals surface area contributed by atoms with E-state index in [2.05, 4.69) is 21.9 Å². The molecule has 1 aliphatic heterocycles. The second-order valence-corrected chi connectivity index (χ2v) is 5.93. The molecule has 0 fully saturated rings. The second-order valence-electron chi connectivity index (χ2n) is 5.93. The lowest BCUT2D eigenvalue weighted by Crippen LogP contribution is -2.38. The molecule has 1 aromatic carbocycles. The van der Waals surface area contributed by atoms with Crippen LogP contribution >= 0.6 is 0 Å². The normalized spacial score (nSPS) is 12.0. The number of amides is 2. The van der Waals surface area contributed by atoms with Crippen LogP contribution in [0.1, 0.15) is 36.5 Å². The zero-order valence-corrected chi connectivity index (χ0v) is 14.6. The van der Waals surface area contributed by atoms with Crippen molar-refractivity contribution in [3.8, 4) is 11.5 Å². The first-order chi connectivity index (χ1) is 12.7. The number of carbonyl (C=O) groups is 2. The standard InChI is InChI=1S/C18H21N3O5/c1-2-3-4-8-21(11-17(22)19-16-7-9-26-20-16)18(23)13-5-6-14-15(10-13)25-12-24-14/h5-7,9-10H,2-4,8,11-12H2,1H3,(H,19,20,22). The molecular weight excluding hydrogens is 338 g/mol. The first-order valence-electron chi connectivity index (χ1n) is 8.56. The highest BCUT2D eigenvalue weighted by Gasteiger charge is 2.22. The van der Waals surface area contributed by atoms with E-state index < -0.39 is 0 Å². The maximum Gasteiger partial charge on any atom is 0.254 e. The lowest BCUT2D eigenvalue weighted by Gasteiger charge is -2.22. The Morgan fingerprint density at radius 3 is 2.81 bits per heavy atom. The Bertz CT molecular complexity index is 760. The van der Waals surface area contributed by atoms with Gasteiger partial charge in [-0.15, -0.1) is 0 Å². The zero-order valence-electron chi connectivity index (χ0n) is 14.6. The molecule has 3 rings (SSSR count). The minimum Gasteiger partial charge on any atom is -0.454 e. The van der Waals surface area contributed by atoms with Gasteiger partial charge >= 0.3 is 0 Å². The molecule has 0 bridgehead atoms. The Morgan fingerprint density at radius 1 is 1.19 bits per heavy atom. The second kappa shape index (κ2) is 8.37. The fourth-order valence-corrected chi connectivity index (χ4v) is 2.65. The molecule has 0 spiro atoms. The van der Waals surface area contributed by atoms with Crippen molar-refractivity contribution in [2.45, 2.75) is 26.2 Å². The summed E-state index contributed by atoms with van der Waals surface area (Å²) in [5, 5.41) is 6.25. The van der Waals surface area contributed by atoms with Gasteiger partial charge in [-0.25, -0.2) is 0 Å². The minimum absolute atomic E-state index is 0.0656. The highest BCUT2D eigenvalue weighted by atomic mass is 16.7. The molecule has 0 saturated heterocycles. The van der Waals surface area contributed by atoms with Gasteiger partial charge in [-0.2, -0.15) is 0 Å². The van der Waals surface area contributed by atoms with Gasteiger partial charge in [0.05, 0.1) is 0 Å². The van der Waals surface area contributed by atoms with E-state index in [9.17, 15) is 9.59 Å². The van der Waals surface area contributed by atoms with Gasteiger partial charge in [-0.1, -0.05) is 24.9 Å². The number of unbranched alkanes of at least 4 members (excludes halogenated alkanes) is 2. The van der Waals surface area contributed by atoms with E-state index in [1.54, 1.807) is 24.3 Å². The number of hydrogen-bond acceptors (Lipinski definition) is 6. The first-order valence-corrected chi connectivity index (χ1v) is 8.56. The fourth-order valence-electron chi connectivity index (χ4n) is 2.65. The summed E-state index contributed by atoms with van der Waals surface area (Å²) < 4.78 is 15.3. The molecule has 2 aromatic rings. The van der Waals surface area contributed by atoms with Gasteiger partial charge in [-0.3, -0.25) is 9.59 Å². The zero-order chi connectivity index (χ0) is 18.4. The van der Waals surface area contributed by atoms with Crippen LogP contribution in [0.5, 0.6) is 11.5 Å². The Morgan fingerprint density at radius 2 is 2.04 bits per heavy atom. The highest BCUT2D eigenvalue weighted by molar-refractivity contribution is 5.99. The third kappa shape index (κ3) is 4.33. The van der Waals surface area contributed by atoms with Crippen LogP contribution in [0.15, 0.2) is 35.1 Å². The van der Waals surface area contributed by atoms with Crippen LogP contribution in [-0.2, 0) is 4.79 Å². The Balaban J connectivity index is 1.69. The number of ether oxygens (including phenoxy) is 2. The van der Waals surface area contributed by atoms with Gasteiger partial charge in [0.25, 0.3) is 5.91 Å². The topological polar surface area (TPSA) is 93.9 Å². The van der Waals surface area contributed by atoms with Crippen molar-refractivity contribution in [3.05, 3.63) is 36.1 Å². The molecule has 2 heterocycles. The van der Waals surface area contributed by atoms with Gasteiger partial charge in [0.15, 0.2) is 17.3 Å². The van der Waals surface area contributed by atoms with Gasteiger partial charge in [0.2, 0.25) is 12.7 Å². The summed E-state index contributed by atoms with van der Waals surface area (Å²) in [6, 6.07) is 6.57. The van der Waals surface area contributed by atoms with E-state index in [0.29, 0.717) is 29.4 Å². The third-order valence-corrected chi connectivity index (χ3v) is 3.98. The summed E-state index contributed by atoms with van der Waals surface area (Å²) in [6.07, 6.45) is 4.20. The van der Waals surface area contributed by atoms with Crippen LogP contribution in [-0.4, -0.2) is 41.8 Å². The van der Waals surface area contributed by atoms with Gasteiger partial charge < -0.3 is 24.2 Å². The molecule has 8 heteroatoms. The summed E-state index contributed by atoms with van der Waals surface area (Å²) >= 11 is 0. The van der Waals surface area contributed by atoms with E-state index >= 15 is 0 Å². The van der Waals surface area contributed by atoms with Gasteiger partial charge in [0, 0.05) is 18.2 Å². The number of carbonyl (C=O) groups excluding carboxylic acids is 2. The Kier molecular flexibility index (Phi) is 5.73. The van der Waals surface area contributed by atoms with E-state index in [1.807, 2.05) is 0 Å². The molecule has 0 aliphatic carbocycles. The smallest absolute Gasteiger partial charge is 0.254 e. The van der Waals surface area contributed by atoms with E-state index in [4.69, 9.17) is 9.47 Å². The molecular formula is C18H21N3O5. The fraction of sp³-hybridized carbons (Fsp3) is 0.389. The van der Waals surface area contributed by atoms with E-state index in [-0.39, 0.29) is 25.2 Å². The molecule has 1 aliphatic rings. The average molecular weight is 359 g/mol. The number of anilines is 1. The first kappa shape index (κ1) is 17.8. The minimum atomic E-state index is -0.329. The summed E-state index contributed by atoms with van der Waals surface area (Å²) in [6.45, 7) is 2.66. The molecule has 0 atom stereocenters. The number of aromatic nitrogens is 1. The van der Waals surface area contributed by atoms with Crippen molar-refractivity contribution in [2.24, 2.45) is 0 Å². The maximum atomic E-state index is 12.9. The molecule has 1 N–H and O–H groups in total. The van der Waals surface area contributed by atoms with Crippen molar-refractivity contribution in [1.29, 1.82) is 0 Å². The van der Waals surface area contributed by atoms with Crippen LogP contribution < -0.4 is 14.8 Å². The van der Waals surface area contributed by atoms with Crippen molar-refractivity contribution in [2.75, 3.05) is 25.2 Å². The van der Waals surface area contributed by atoms with Crippen molar-refractivity contribution >= 4 is 17.6 Å². The summed E-state index contributed by atoms with van der Waals surface area (Å²) in [4.78, 5) is 26.7. The Hall–Kier alpha value is -3.03. The number of hydrogen-bond donors (Lipinski definition) is 1. The SMILES string of the molecule is CCCCCN(CC(=O)Nc1ccon1)C(=O)c1ccc2c(c1)OCO2. The van der Waals surface area contributed by atoms with Crippen molar-refractivity contribution in [1.82, 2.24) is 10.1 Å². The van der Waals surface area contributed by atoms with E-state index in [1.165, 1.54) is 11.2 Å².